The molecule has 0 bridgehead atoms. The smallest absolute Gasteiger partial charge is 0.255 e. The summed E-state index contributed by atoms with van der Waals surface area (Å²) in [5, 5.41) is 10.6. The average molecular weight is 428 g/mol. The average Bonchev–Trinajstić information content (AvgIpc) is 3.19. The molecule has 4 aromatic rings. The molecule has 2 aromatic heterocycles. The molecule has 0 unspecified atom stereocenters. The van der Waals surface area contributed by atoms with E-state index >= 15 is 0 Å². The summed E-state index contributed by atoms with van der Waals surface area (Å²) in [5.74, 6) is 1.41. The highest BCUT2D eigenvalue weighted by Crippen LogP contribution is 2.26. The second-order valence-electron chi connectivity index (χ2n) is 7.95. The summed E-state index contributed by atoms with van der Waals surface area (Å²) in [5.41, 5.74) is 4.95. The Balaban J connectivity index is 1.30. The molecule has 1 aliphatic rings. The summed E-state index contributed by atoms with van der Waals surface area (Å²) < 4.78 is 7.34. The van der Waals surface area contributed by atoms with Gasteiger partial charge in [0.1, 0.15) is 17.1 Å². The van der Waals surface area contributed by atoms with Crippen molar-refractivity contribution in [3.63, 3.8) is 0 Å². The normalized spacial score (nSPS) is 13.8. The molecule has 2 aromatic carbocycles. The first-order valence-corrected chi connectivity index (χ1v) is 10.6. The van der Waals surface area contributed by atoms with Crippen LogP contribution in [0.25, 0.3) is 11.2 Å². The van der Waals surface area contributed by atoms with Crippen LogP contribution >= 0.6 is 0 Å². The van der Waals surface area contributed by atoms with Gasteiger partial charge in [-0.15, -0.1) is 0 Å². The van der Waals surface area contributed by atoms with Gasteiger partial charge in [-0.25, -0.2) is 14.6 Å². The van der Waals surface area contributed by atoms with Crippen LogP contribution in [0.15, 0.2) is 54.9 Å². The Morgan fingerprint density at radius 1 is 1.19 bits per heavy atom. The number of fused-ring (bicyclic) bond motifs is 2. The number of benzene rings is 2. The lowest BCUT2D eigenvalue weighted by molar-refractivity contribution is 0.102. The zero-order valence-corrected chi connectivity index (χ0v) is 18.0. The summed E-state index contributed by atoms with van der Waals surface area (Å²) in [7, 11) is 1.84. The fourth-order valence-electron chi connectivity index (χ4n) is 3.88. The number of amides is 1. The minimum absolute atomic E-state index is 0.0345. The van der Waals surface area contributed by atoms with Crippen LogP contribution in [-0.2, 0) is 13.5 Å². The van der Waals surface area contributed by atoms with Crippen molar-refractivity contribution >= 4 is 28.6 Å². The number of nitrogens with zero attached hydrogens (tertiary/aromatic N) is 4. The van der Waals surface area contributed by atoms with Crippen LogP contribution in [0.5, 0.6) is 5.75 Å². The number of rotatable bonds is 5. The Kier molecular flexibility index (Phi) is 5.18. The van der Waals surface area contributed by atoms with Crippen LogP contribution in [0, 0.1) is 0 Å². The van der Waals surface area contributed by atoms with E-state index in [0.29, 0.717) is 11.4 Å². The quantitative estimate of drug-likeness (QED) is 0.497. The van der Waals surface area contributed by atoms with Gasteiger partial charge in [0.2, 0.25) is 0 Å². The molecule has 0 aliphatic carbocycles. The first kappa shape index (κ1) is 20.0. The van der Waals surface area contributed by atoms with Gasteiger partial charge < -0.3 is 15.4 Å². The first-order valence-electron chi connectivity index (χ1n) is 10.6. The largest absolute Gasteiger partial charge is 0.493 e. The summed E-state index contributed by atoms with van der Waals surface area (Å²) in [6.45, 7) is 2.78. The number of nitrogens with one attached hydrogen (secondary N) is 2. The van der Waals surface area contributed by atoms with Gasteiger partial charge in [0.05, 0.1) is 25.0 Å². The molecule has 1 aliphatic heterocycles. The van der Waals surface area contributed by atoms with Gasteiger partial charge in [-0.05, 0) is 61.2 Å². The molecule has 1 atom stereocenters. The van der Waals surface area contributed by atoms with E-state index < -0.39 is 0 Å². The summed E-state index contributed by atoms with van der Waals surface area (Å²) in [6.07, 6.45) is 5.30. The second-order valence-corrected chi connectivity index (χ2v) is 7.95. The Morgan fingerprint density at radius 2 is 2.09 bits per heavy atom. The number of carbonyl (C=O) groups is 1. The van der Waals surface area contributed by atoms with Crippen LogP contribution < -0.4 is 15.4 Å². The van der Waals surface area contributed by atoms with E-state index in [4.69, 9.17) is 4.74 Å². The van der Waals surface area contributed by atoms with Crippen molar-refractivity contribution in [3.8, 4) is 5.75 Å². The van der Waals surface area contributed by atoms with Gasteiger partial charge in [0.25, 0.3) is 5.91 Å². The van der Waals surface area contributed by atoms with Crippen LogP contribution in [0.3, 0.4) is 0 Å². The summed E-state index contributed by atoms with van der Waals surface area (Å²) in [4.78, 5) is 21.8. The van der Waals surface area contributed by atoms with E-state index in [0.717, 1.165) is 53.2 Å². The van der Waals surface area contributed by atoms with Crippen molar-refractivity contribution in [2.45, 2.75) is 25.8 Å². The first-order chi connectivity index (χ1) is 15.6. The Labute approximate surface area is 185 Å². The Bertz CT molecular complexity index is 1300. The molecule has 5 rings (SSSR count). The fourth-order valence-corrected chi connectivity index (χ4v) is 3.88. The third kappa shape index (κ3) is 3.99. The minimum atomic E-state index is -0.135. The lowest BCUT2D eigenvalue weighted by Gasteiger charge is -2.18. The Hall–Kier alpha value is -3.94. The highest BCUT2D eigenvalue weighted by molar-refractivity contribution is 6.04. The van der Waals surface area contributed by atoms with Crippen LogP contribution in [0.1, 0.15) is 40.9 Å². The van der Waals surface area contributed by atoms with Gasteiger partial charge in [0, 0.05) is 18.3 Å². The number of aromatic nitrogens is 4. The molecule has 0 spiro atoms. The van der Waals surface area contributed by atoms with Crippen molar-refractivity contribution in [1.82, 2.24) is 19.7 Å². The molecular weight excluding hydrogens is 404 g/mol. The van der Waals surface area contributed by atoms with E-state index in [2.05, 4.69) is 25.7 Å². The van der Waals surface area contributed by atoms with E-state index in [1.54, 1.807) is 23.1 Å². The van der Waals surface area contributed by atoms with E-state index in [1.807, 2.05) is 50.4 Å². The van der Waals surface area contributed by atoms with Gasteiger partial charge >= 0.3 is 0 Å². The number of carbonyl (C=O) groups excluding carboxylic acids is 1. The molecule has 8 nitrogen and oxygen atoms in total. The molecule has 8 heteroatoms. The molecular formula is C24H24N6O2. The van der Waals surface area contributed by atoms with Crippen molar-refractivity contribution in [2.75, 3.05) is 17.2 Å². The van der Waals surface area contributed by atoms with Gasteiger partial charge in [0.15, 0.2) is 5.65 Å². The number of ether oxygens (including phenoxy) is 1. The molecule has 0 saturated heterocycles. The zero-order valence-electron chi connectivity index (χ0n) is 18.0. The summed E-state index contributed by atoms with van der Waals surface area (Å²) in [6, 6.07) is 13.4. The minimum Gasteiger partial charge on any atom is -0.493 e. The zero-order chi connectivity index (χ0) is 22.1. The molecule has 0 fully saturated rings. The standard InChI is InChI=1S/C24H24N6O2/c1-15(27-22-14-25-20-13-26-30(2)23(20)29-22)16-5-3-7-19(12-16)28-24(31)18-8-9-21-17(11-18)6-4-10-32-21/h3,5,7-9,11-15H,4,6,10H2,1-2H3,(H,27,29)(H,28,31)/t15-/m0/s1. The van der Waals surface area contributed by atoms with E-state index in [-0.39, 0.29) is 11.9 Å². The maximum atomic E-state index is 12.8. The number of aryl methyl sites for hydroxylation is 2. The van der Waals surface area contributed by atoms with Crippen LogP contribution in [-0.4, -0.2) is 32.3 Å². The maximum Gasteiger partial charge on any atom is 0.255 e. The molecule has 32 heavy (non-hydrogen) atoms. The SMILES string of the molecule is C[C@H](Nc1cnc2cnn(C)c2n1)c1cccc(NC(=O)c2ccc3c(c2)CCCO3)c1. The predicted molar refractivity (Wildman–Crippen MR) is 123 cm³/mol. The third-order valence-electron chi connectivity index (χ3n) is 5.62. The lowest BCUT2D eigenvalue weighted by Crippen LogP contribution is -2.15. The Morgan fingerprint density at radius 3 is 3.00 bits per heavy atom. The topological polar surface area (TPSA) is 94.0 Å². The predicted octanol–water partition coefficient (Wildman–Crippen LogP) is 4.11. The molecule has 2 N–H and O–H groups in total. The number of anilines is 2. The highest BCUT2D eigenvalue weighted by atomic mass is 16.5. The van der Waals surface area contributed by atoms with Crippen LogP contribution in [0.2, 0.25) is 0 Å². The molecule has 162 valence electrons. The van der Waals surface area contributed by atoms with Crippen molar-refractivity contribution < 1.29 is 9.53 Å². The fraction of sp³-hybridized carbons (Fsp3) is 0.250. The number of hydrogen-bond donors (Lipinski definition) is 2. The highest BCUT2D eigenvalue weighted by Gasteiger charge is 2.15. The third-order valence-corrected chi connectivity index (χ3v) is 5.62. The maximum absolute atomic E-state index is 12.8. The van der Waals surface area contributed by atoms with Crippen molar-refractivity contribution in [1.29, 1.82) is 0 Å². The van der Waals surface area contributed by atoms with E-state index in [1.165, 1.54) is 0 Å². The van der Waals surface area contributed by atoms with Gasteiger partial charge in [-0.2, -0.15) is 5.10 Å². The molecule has 1 amide bonds. The van der Waals surface area contributed by atoms with Gasteiger partial charge in [-0.1, -0.05) is 12.1 Å². The molecule has 3 heterocycles. The number of hydrogen-bond acceptors (Lipinski definition) is 6. The lowest BCUT2D eigenvalue weighted by atomic mass is 10.0. The van der Waals surface area contributed by atoms with Crippen LogP contribution in [0.4, 0.5) is 11.5 Å². The van der Waals surface area contributed by atoms with Crippen molar-refractivity contribution in [3.05, 3.63) is 71.5 Å². The van der Waals surface area contributed by atoms with E-state index in [9.17, 15) is 4.79 Å². The molecule has 0 radical (unpaired) electrons. The monoisotopic (exact) mass is 428 g/mol. The second kappa shape index (κ2) is 8.30. The molecule has 0 saturated carbocycles. The van der Waals surface area contributed by atoms with Crippen molar-refractivity contribution in [2.24, 2.45) is 7.05 Å². The van der Waals surface area contributed by atoms with Gasteiger partial charge in [-0.3, -0.25) is 4.79 Å². The summed E-state index contributed by atoms with van der Waals surface area (Å²) >= 11 is 0.